The van der Waals surface area contributed by atoms with Crippen LogP contribution in [-0.2, 0) is 4.74 Å². The van der Waals surface area contributed by atoms with Gasteiger partial charge in [0.25, 0.3) is 0 Å². The van der Waals surface area contributed by atoms with Crippen LogP contribution in [0.5, 0.6) is 0 Å². The highest BCUT2D eigenvalue weighted by atomic mass is 35.5. The number of aliphatic hydroxyl groups excluding tert-OH is 1. The van der Waals surface area contributed by atoms with Gasteiger partial charge in [-0.3, -0.25) is 5.41 Å². The molecule has 3 nitrogen and oxygen atoms in total. The van der Waals surface area contributed by atoms with E-state index in [1.165, 1.54) is 11.4 Å². The van der Waals surface area contributed by atoms with E-state index in [1.54, 1.807) is 6.92 Å². The normalized spacial score (nSPS) is 11.6. The van der Waals surface area contributed by atoms with Crippen LogP contribution >= 0.6 is 23.7 Å². The Morgan fingerprint density at radius 3 is 2.86 bits per heavy atom. The molecule has 0 fully saturated rings. The van der Waals surface area contributed by atoms with E-state index in [0.717, 1.165) is 11.3 Å². The summed E-state index contributed by atoms with van der Waals surface area (Å²) in [5.41, 5.74) is 0. The van der Waals surface area contributed by atoms with E-state index in [1.807, 2.05) is 0 Å². The first-order valence-corrected chi connectivity index (χ1v) is 4.66. The van der Waals surface area contributed by atoms with Crippen molar-refractivity contribution in [2.45, 2.75) is 13.0 Å². The van der Waals surface area contributed by atoms with Crippen molar-refractivity contribution >= 4 is 29.6 Å². The van der Waals surface area contributed by atoms with Gasteiger partial charge in [0, 0.05) is 10.3 Å². The van der Waals surface area contributed by atoms with E-state index in [2.05, 4.69) is 0 Å². The fraction of sp³-hybridized carbons (Fsp3) is 0.375. The zero-order valence-electron chi connectivity index (χ0n) is 7.49. The van der Waals surface area contributed by atoms with Gasteiger partial charge in [0.15, 0.2) is 6.10 Å². The molecule has 2 N–H and O–H groups in total. The van der Waals surface area contributed by atoms with Crippen molar-refractivity contribution in [2.75, 3.05) is 6.61 Å². The van der Waals surface area contributed by atoms with Crippen LogP contribution in [0, 0.1) is 11.2 Å². The largest absolute Gasteiger partial charge is 0.479 e. The van der Waals surface area contributed by atoms with E-state index in [-0.39, 0.29) is 18.3 Å². The molecule has 14 heavy (non-hydrogen) atoms. The average Bonchev–Trinajstić information content (AvgIpc) is 2.51. The van der Waals surface area contributed by atoms with Crippen LogP contribution in [0.1, 0.15) is 17.9 Å². The van der Waals surface area contributed by atoms with Gasteiger partial charge in [-0.1, -0.05) is 0 Å². The lowest BCUT2D eigenvalue weighted by atomic mass is 10.3. The highest BCUT2D eigenvalue weighted by Gasteiger charge is 2.16. The average molecular weight is 240 g/mol. The summed E-state index contributed by atoms with van der Waals surface area (Å²) in [7, 11) is 0. The smallest absolute Gasteiger partial charge is 0.215 e. The minimum Gasteiger partial charge on any atom is -0.479 e. The minimum atomic E-state index is -1.14. The summed E-state index contributed by atoms with van der Waals surface area (Å²) < 4.78 is 17.3. The topological polar surface area (TPSA) is 53.3 Å². The third kappa shape index (κ3) is 3.25. The predicted molar refractivity (Wildman–Crippen MR) is 55.8 cm³/mol. The van der Waals surface area contributed by atoms with Crippen LogP contribution in [0.4, 0.5) is 4.39 Å². The van der Waals surface area contributed by atoms with E-state index in [0.29, 0.717) is 11.5 Å². The van der Waals surface area contributed by atoms with Crippen molar-refractivity contribution in [1.29, 1.82) is 5.41 Å². The Morgan fingerprint density at radius 2 is 2.43 bits per heavy atom. The molecule has 1 unspecified atom stereocenters. The van der Waals surface area contributed by atoms with Crippen LogP contribution in [0.3, 0.4) is 0 Å². The fourth-order valence-corrected chi connectivity index (χ4v) is 1.57. The summed E-state index contributed by atoms with van der Waals surface area (Å²) in [4.78, 5) is 0.385. The molecule has 1 rings (SSSR count). The number of thiophene rings is 1. The summed E-state index contributed by atoms with van der Waals surface area (Å²) in [6.07, 6.45) is -1.14. The Bertz CT molecular complexity index is 305. The monoisotopic (exact) mass is 239 g/mol. The molecule has 0 aliphatic carbocycles. The van der Waals surface area contributed by atoms with Crippen molar-refractivity contribution in [3.05, 3.63) is 22.1 Å². The molecule has 0 radical (unpaired) electrons. The molecule has 0 spiro atoms. The quantitative estimate of drug-likeness (QED) is 0.629. The maximum absolute atomic E-state index is 12.5. The summed E-state index contributed by atoms with van der Waals surface area (Å²) in [5, 5.41) is 18.0. The molecule has 6 heteroatoms. The first kappa shape index (κ1) is 13.4. The molecule has 0 saturated carbocycles. The molecule has 0 saturated heterocycles. The minimum absolute atomic E-state index is 0. The second-order valence-corrected chi connectivity index (χ2v) is 3.31. The molecule has 1 heterocycles. The number of hydrogen-bond acceptors (Lipinski definition) is 4. The summed E-state index contributed by atoms with van der Waals surface area (Å²) in [6.45, 7) is 2.04. The molecular formula is C8H11ClFNO2S. The van der Waals surface area contributed by atoms with Crippen molar-refractivity contribution in [3.8, 4) is 0 Å². The summed E-state index contributed by atoms with van der Waals surface area (Å²) in [5.74, 6) is -0.646. The summed E-state index contributed by atoms with van der Waals surface area (Å²) in [6, 6.07) is 1.20. The SMILES string of the molecule is CCOC(=N)C(O)c1cc(F)cs1.Cl. The second kappa shape index (κ2) is 5.95. The Hall–Kier alpha value is -0.650. The van der Waals surface area contributed by atoms with Gasteiger partial charge in [0.2, 0.25) is 5.90 Å². The maximum Gasteiger partial charge on any atom is 0.215 e. The zero-order chi connectivity index (χ0) is 9.84. The lowest BCUT2D eigenvalue weighted by Crippen LogP contribution is -2.13. The molecule has 80 valence electrons. The molecule has 0 bridgehead atoms. The van der Waals surface area contributed by atoms with Crippen LogP contribution in [0.15, 0.2) is 11.4 Å². The first-order valence-electron chi connectivity index (χ1n) is 3.78. The van der Waals surface area contributed by atoms with Gasteiger partial charge in [-0.2, -0.15) is 0 Å². The van der Waals surface area contributed by atoms with E-state index in [4.69, 9.17) is 10.1 Å². The molecule has 0 amide bonds. The lowest BCUT2D eigenvalue weighted by molar-refractivity contribution is 0.193. The third-order valence-electron chi connectivity index (χ3n) is 1.41. The maximum atomic E-state index is 12.5. The van der Waals surface area contributed by atoms with Crippen molar-refractivity contribution < 1.29 is 14.2 Å². The fourth-order valence-electron chi connectivity index (χ4n) is 0.835. The number of halogens is 2. The first-order chi connectivity index (χ1) is 6.15. The molecular weight excluding hydrogens is 229 g/mol. The van der Waals surface area contributed by atoms with Crippen LogP contribution in [0.2, 0.25) is 0 Å². The van der Waals surface area contributed by atoms with Gasteiger partial charge in [-0.05, 0) is 13.0 Å². The van der Waals surface area contributed by atoms with Gasteiger partial charge >= 0.3 is 0 Å². The van der Waals surface area contributed by atoms with Crippen molar-refractivity contribution in [1.82, 2.24) is 0 Å². The van der Waals surface area contributed by atoms with E-state index in [9.17, 15) is 9.50 Å². The zero-order valence-corrected chi connectivity index (χ0v) is 9.12. The number of ether oxygens (including phenoxy) is 1. The third-order valence-corrected chi connectivity index (χ3v) is 2.36. The van der Waals surface area contributed by atoms with Crippen LogP contribution < -0.4 is 0 Å². The van der Waals surface area contributed by atoms with Crippen molar-refractivity contribution in [3.63, 3.8) is 0 Å². The van der Waals surface area contributed by atoms with E-state index >= 15 is 0 Å². The highest BCUT2D eigenvalue weighted by molar-refractivity contribution is 7.10. The van der Waals surface area contributed by atoms with Gasteiger partial charge in [-0.25, -0.2) is 4.39 Å². The molecule has 1 aromatic heterocycles. The summed E-state index contributed by atoms with van der Waals surface area (Å²) >= 11 is 1.07. The Kier molecular flexibility index (Phi) is 5.68. The van der Waals surface area contributed by atoms with Gasteiger partial charge in [0.05, 0.1) is 6.61 Å². The molecule has 0 aliphatic heterocycles. The molecule has 1 atom stereocenters. The van der Waals surface area contributed by atoms with E-state index < -0.39 is 11.9 Å². The Labute approximate surface area is 91.4 Å². The van der Waals surface area contributed by atoms with Gasteiger partial charge in [0.1, 0.15) is 5.82 Å². The molecule has 1 aromatic rings. The highest BCUT2D eigenvalue weighted by Crippen LogP contribution is 2.22. The second-order valence-electron chi connectivity index (χ2n) is 2.37. The Balaban J connectivity index is 0.00000169. The van der Waals surface area contributed by atoms with Gasteiger partial charge < -0.3 is 9.84 Å². The number of hydrogen-bond donors (Lipinski definition) is 2. The van der Waals surface area contributed by atoms with Gasteiger partial charge in [-0.15, -0.1) is 23.7 Å². The standard InChI is InChI=1S/C8H10FNO2S.ClH/c1-2-12-8(10)7(11)6-3-5(9)4-13-6;/h3-4,7,10-11H,2H2,1H3;1H. The molecule has 0 aromatic carbocycles. The predicted octanol–water partition coefficient (Wildman–Crippen LogP) is 2.36. The van der Waals surface area contributed by atoms with Crippen LogP contribution in [0.25, 0.3) is 0 Å². The lowest BCUT2D eigenvalue weighted by Gasteiger charge is -2.09. The molecule has 0 aliphatic rings. The number of aliphatic hydroxyl groups is 1. The number of rotatable bonds is 3. The van der Waals surface area contributed by atoms with Crippen molar-refractivity contribution in [2.24, 2.45) is 0 Å². The Morgan fingerprint density at radius 1 is 1.79 bits per heavy atom. The van der Waals surface area contributed by atoms with Crippen LogP contribution in [-0.4, -0.2) is 17.6 Å². The number of nitrogens with one attached hydrogen (secondary N) is 1.